The number of hydrogen-bond acceptors (Lipinski definition) is 4. The maximum absolute atomic E-state index is 5.41. The van der Waals surface area contributed by atoms with Gasteiger partial charge in [0, 0.05) is 30.0 Å². The standard InChI is InChI=1S/C13H19N3O/c1-3-4-7-17-13-15-9-11(10(2)16-13)8-14-12-5-6-12/h3,9,12,14H,1,4-8H2,2H3. The van der Waals surface area contributed by atoms with Crippen LogP contribution >= 0.6 is 0 Å². The van der Waals surface area contributed by atoms with Crippen LogP contribution in [0, 0.1) is 6.92 Å². The molecular weight excluding hydrogens is 214 g/mol. The van der Waals surface area contributed by atoms with Crippen LogP contribution in [0.5, 0.6) is 6.01 Å². The molecule has 0 spiro atoms. The lowest BCUT2D eigenvalue weighted by Crippen LogP contribution is -2.17. The molecule has 1 aliphatic rings. The Labute approximate surface area is 102 Å². The van der Waals surface area contributed by atoms with Gasteiger partial charge in [-0.15, -0.1) is 6.58 Å². The van der Waals surface area contributed by atoms with Gasteiger partial charge in [0.25, 0.3) is 0 Å². The van der Waals surface area contributed by atoms with Gasteiger partial charge in [-0.3, -0.25) is 0 Å². The minimum absolute atomic E-state index is 0.458. The second-order valence-electron chi connectivity index (χ2n) is 4.34. The van der Waals surface area contributed by atoms with Gasteiger partial charge in [0.1, 0.15) is 0 Å². The lowest BCUT2D eigenvalue weighted by Gasteiger charge is -2.08. The third kappa shape index (κ3) is 3.82. The Morgan fingerprint density at radius 3 is 3.06 bits per heavy atom. The van der Waals surface area contributed by atoms with Gasteiger partial charge in [-0.25, -0.2) is 9.97 Å². The van der Waals surface area contributed by atoms with Crippen molar-refractivity contribution in [3.8, 4) is 6.01 Å². The van der Waals surface area contributed by atoms with Crippen molar-refractivity contribution < 1.29 is 4.74 Å². The molecule has 0 aromatic carbocycles. The van der Waals surface area contributed by atoms with Crippen LogP contribution < -0.4 is 10.1 Å². The Morgan fingerprint density at radius 2 is 2.41 bits per heavy atom. The van der Waals surface area contributed by atoms with Gasteiger partial charge in [-0.05, 0) is 26.2 Å². The van der Waals surface area contributed by atoms with Crippen LogP contribution in [0.15, 0.2) is 18.9 Å². The number of aryl methyl sites for hydroxylation is 1. The molecule has 4 heteroatoms. The molecule has 0 atom stereocenters. The Hall–Kier alpha value is -1.42. The predicted molar refractivity (Wildman–Crippen MR) is 66.9 cm³/mol. The van der Waals surface area contributed by atoms with Crippen LogP contribution in [-0.2, 0) is 6.54 Å². The van der Waals surface area contributed by atoms with E-state index in [9.17, 15) is 0 Å². The molecule has 1 heterocycles. The van der Waals surface area contributed by atoms with E-state index in [0.717, 1.165) is 24.2 Å². The minimum Gasteiger partial charge on any atom is -0.463 e. The van der Waals surface area contributed by atoms with Crippen LogP contribution in [0.3, 0.4) is 0 Å². The van der Waals surface area contributed by atoms with Crippen molar-refractivity contribution >= 4 is 0 Å². The molecule has 0 amide bonds. The topological polar surface area (TPSA) is 47.0 Å². The van der Waals surface area contributed by atoms with Gasteiger partial charge in [0.05, 0.1) is 6.61 Å². The number of aromatic nitrogens is 2. The summed E-state index contributed by atoms with van der Waals surface area (Å²) in [4.78, 5) is 8.54. The zero-order valence-electron chi connectivity index (χ0n) is 10.3. The first-order valence-corrected chi connectivity index (χ1v) is 6.09. The van der Waals surface area contributed by atoms with E-state index < -0.39 is 0 Å². The first-order chi connectivity index (χ1) is 8.29. The third-order valence-electron chi connectivity index (χ3n) is 2.77. The molecule has 17 heavy (non-hydrogen) atoms. The average Bonchev–Trinajstić information content (AvgIpc) is 3.12. The summed E-state index contributed by atoms with van der Waals surface area (Å²) in [5.74, 6) is 0. The molecule has 2 rings (SSSR count). The van der Waals surface area contributed by atoms with Crippen LogP contribution in [-0.4, -0.2) is 22.6 Å². The van der Waals surface area contributed by atoms with E-state index in [1.807, 2.05) is 19.2 Å². The maximum Gasteiger partial charge on any atom is 0.316 e. The van der Waals surface area contributed by atoms with Crippen molar-refractivity contribution in [3.63, 3.8) is 0 Å². The summed E-state index contributed by atoms with van der Waals surface area (Å²) >= 11 is 0. The predicted octanol–water partition coefficient (Wildman–Crippen LogP) is 1.99. The normalized spacial score (nSPS) is 14.6. The number of hydrogen-bond donors (Lipinski definition) is 1. The van der Waals surface area contributed by atoms with E-state index in [0.29, 0.717) is 18.7 Å². The van der Waals surface area contributed by atoms with Gasteiger partial charge in [-0.1, -0.05) is 6.08 Å². The van der Waals surface area contributed by atoms with Crippen LogP contribution in [0.2, 0.25) is 0 Å². The molecule has 1 aromatic heterocycles. The zero-order chi connectivity index (χ0) is 12.1. The second kappa shape index (κ2) is 5.77. The highest BCUT2D eigenvalue weighted by atomic mass is 16.5. The van der Waals surface area contributed by atoms with Gasteiger partial charge in [0.15, 0.2) is 0 Å². The van der Waals surface area contributed by atoms with Crippen molar-refractivity contribution in [1.82, 2.24) is 15.3 Å². The average molecular weight is 233 g/mol. The van der Waals surface area contributed by atoms with Crippen LogP contribution in [0.1, 0.15) is 30.5 Å². The monoisotopic (exact) mass is 233 g/mol. The molecule has 92 valence electrons. The van der Waals surface area contributed by atoms with Crippen molar-refractivity contribution in [2.75, 3.05) is 6.61 Å². The summed E-state index contributed by atoms with van der Waals surface area (Å²) in [6.07, 6.45) is 7.07. The van der Waals surface area contributed by atoms with E-state index in [2.05, 4.69) is 21.9 Å². The Balaban J connectivity index is 1.87. The van der Waals surface area contributed by atoms with E-state index in [-0.39, 0.29) is 0 Å². The molecule has 0 aliphatic heterocycles. The van der Waals surface area contributed by atoms with Crippen LogP contribution in [0.25, 0.3) is 0 Å². The Bertz CT molecular complexity index is 388. The van der Waals surface area contributed by atoms with E-state index in [4.69, 9.17) is 4.74 Å². The van der Waals surface area contributed by atoms with Crippen LogP contribution in [0.4, 0.5) is 0 Å². The Morgan fingerprint density at radius 1 is 1.59 bits per heavy atom. The van der Waals surface area contributed by atoms with Gasteiger partial charge in [-0.2, -0.15) is 0 Å². The molecule has 1 saturated carbocycles. The lowest BCUT2D eigenvalue weighted by atomic mass is 10.2. The second-order valence-corrected chi connectivity index (χ2v) is 4.34. The summed E-state index contributed by atoms with van der Waals surface area (Å²) in [6, 6.07) is 1.16. The molecule has 0 unspecified atom stereocenters. The number of nitrogens with one attached hydrogen (secondary N) is 1. The van der Waals surface area contributed by atoms with Crippen molar-refractivity contribution in [3.05, 3.63) is 30.1 Å². The SMILES string of the molecule is C=CCCOc1ncc(CNC2CC2)c(C)n1. The molecule has 1 N–H and O–H groups in total. The van der Waals surface area contributed by atoms with Crippen molar-refractivity contribution in [2.24, 2.45) is 0 Å². The van der Waals surface area contributed by atoms with Crippen molar-refractivity contribution in [2.45, 2.75) is 38.8 Å². The quantitative estimate of drug-likeness (QED) is 0.578. The molecule has 0 bridgehead atoms. The minimum atomic E-state index is 0.458. The molecule has 4 nitrogen and oxygen atoms in total. The summed E-state index contributed by atoms with van der Waals surface area (Å²) in [5, 5.41) is 3.45. The molecule has 1 aliphatic carbocycles. The largest absolute Gasteiger partial charge is 0.463 e. The Kier molecular flexibility index (Phi) is 4.09. The number of ether oxygens (including phenoxy) is 1. The molecule has 1 fully saturated rings. The van der Waals surface area contributed by atoms with E-state index in [1.165, 1.54) is 12.8 Å². The molecule has 0 saturated heterocycles. The first-order valence-electron chi connectivity index (χ1n) is 6.09. The highest BCUT2D eigenvalue weighted by Gasteiger charge is 2.20. The highest BCUT2D eigenvalue weighted by molar-refractivity contribution is 5.18. The van der Waals surface area contributed by atoms with Gasteiger partial charge >= 0.3 is 6.01 Å². The molecule has 0 radical (unpaired) electrons. The van der Waals surface area contributed by atoms with Gasteiger partial charge in [0.2, 0.25) is 0 Å². The third-order valence-corrected chi connectivity index (χ3v) is 2.77. The fourth-order valence-electron chi connectivity index (χ4n) is 1.49. The molecule has 1 aromatic rings. The van der Waals surface area contributed by atoms with E-state index in [1.54, 1.807) is 0 Å². The summed E-state index contributed by atoms with van der Waals surface area (Å²) in [7, 11) is 0. The summed E-state index contributed by atoms with van der Waals surface area (Å²) < 4.78 is 5.41. The highest BCUT2D eigenvalue weighted by Crippen LogP contribution is 2.19. The first kappa shape index (κ1) is 12.0. The summed E-state index contributed by atoms with van der Waals surface area (Å²) in [6.45, 7) is 7.07. The number of rotatable bonds is 7. The summed E-state index contributed by atoms with van der Waals surface area (Å²) in [5.41, 5.74) is 2.13. The lowest BCUT2D eigenvalue weighted by molar-refractivity contribution is 0.297. The fraction of sp³-hybridized carbons (Fsp3) is 0.538. The van der Waals surface area contributed by atoms with Gasteiger partial charge < -0.3 is 10.1 Å². The fourth-order valence-corrected chi connectivity index (χ4v) is 1.49. The molecular formula is C13H19N3O. The van der Waals surface area contributed by atoms with Crippen molar-refractivity contribution in [1.29, 1.82) is 0 Å². The number of nitrogens with zero attached hydrogens (tertiary/aromatic N) is 2. The zero-order valence-corrected chi connectivity index (χ0v) is 10.3. The maximum atomic E-state index is 5.41. The van der Waals surface area contributed by atoms with E-state index >= 15 is 0 Å². The smallest absolute Gasteiger partial charge is 0.316 e.